The summed E-state index contributed by atoms with van der Waals surface area (Å²) in [6.07, 6.45) is 2.67. The number of benzene rings is 2. The summed E-state index contributed by atoms with van der Waals surface area (Å²) in [4.78, 5) is 0.803. The molecule has 0 saturated heterocycles. The van der Waals surface area contributed by atoms with E-state index in [0.29, 0.717) is 0 Å². The van der Waals surface area contributed by atoms with Crippen LogP contribution in [0.3, 0.4) is 0 Å². The van der Waals surface area contributed by atoms with Crippen molar-refractivity contribution in [2.24, 2.45) is 0 Å². The molecular formula is C19H24ClNO2S. The smallest absolute Gasteiger partial charge is 0.119 e. The SMILES string of the molecule is COc1ccc(NCCCCC(Cl)S(=O)c2ccc(C)cc2)cc1. The lowest BCUT2D eigenvalue weighted by Gasteiger charge is -2.11. The predicted octanol–water partition coefficient (Wildman–Crippen LogP) is 4.96. The van der Waals surface area contributed by atoms with Gasteiger partial charge in [-0.1, -0.05) is 17.7 Å². The summed E-state index contributed by atoms with van der Waals surface area (Å²) in [6.45, 7) is 2.88. The van der Waals surface area contributed by atoms with E-state index >= 15 is 0 Å². The van der Waals surface area contributed by atoms with Gasteiger partial charge in [0, 0.05) is 17.1 Å². The van der Waals surface area contributed by atoms with Crippen LogP contribution in [0, 0.1) is 6.92 Å². The van der Waals surface area contributed by atoms with Crippen molar-refractivity contribution in [3.05, 3.63) is 54.1 Å². The Morgan fingerprint density at radius 1 is 1.08 bits per heavy atom. The van der Waals surface area contributed by atoms with Crippen LogP contribution >= 0.6 is 11.6 Å². The molecule has 0 aliphatic heterocycles. The van der Waals surface area contributed by atoms with E-state index in [2.05, 4.69) is 5.32 Å². The number of hydrogen-bond donors (Lipinski definition) is 1. The molecule has 2 atom stereocenters. The molecule has 0 radical (unpaired) electrons. The summed E-state index contributed by atoms with van der Waals surface area (Å²) in [5, 5.41) is 3.36. The minimum Gasteiger partial charge on any atom is -0.497 e. The Hall–Kier alpha value is -1.52. The van der Waals surface area contributed by atoms with Crippen LogP contribution in [-0.4, -0.2) is 22.6 Å². The highest BCUT2D eigenvalue weighted by molar-refractivity contribution is 7.87. The molecule has 0 aliphatic rings. The van der Waals surface area contributed by atoms with E-state index in [4.69, 9.17) is 16.3 Å². The van der Waals surface area contributed by atoms with Gasteiger partial charge in [-0.05, 0) is 62.6 Å². The van der Waals surface area contributed by atoms with E-state index in [1.165, 1.54) is 0 Å². The number of methoxy groups -OCH3 is 1. The van der Waals surface area contributed by atoms with Crippen molar-refractivity contribution in [3.63, 3.8) is 0 Å². The largest absolute Gasteiger partial charge is 0.497 e. The van der Waals surface area contributed by atoms with Crippen molar-refractivity contribution in [1.82, 2.24) is 0 Å². The molecule has 0 spiro atoms. The molecule has 2 aromatic carbocycles. The Labute approximate surface area is 151 Å². The van der Waals surface area contributed by atoms with Crippen molar-refractivity contribution in [2.75, 3.05) is 19.0 Å². The number of unbranched alkanes of at least 4 members (excludes halogenated alkanes) is 1. The number of alkyl halides is 1. The fourth-order valence-corrected chi connectivity index (χ4v) is 3.84. The summed E-state index contributed by atoms with van der Waals surface area (Å²) in [6, 6.07) is 15.6. The van der Waals surface area contributed by atoms with Crippen LogP contribution in [0.25, 0.3) is 0 Å². The normalized spacial score (nSPS) is 13.3. The van der Waals surface area contributed by atoms with E-state index in [1.54, 1.807) is 7.11 Å². The molecule has 2 rings (SSSR count). The van der Waals surface area contributed by atoms with Crippen LogP contribution < -0.4 is 10.1 Å². The van der Waals surface area contributed by atoms with E-state index < -0.39 is 10.8 Å². The number of hydrogen-bond acceptors (Lipinski definition) is 3. The third-order valence-electron chi connectivity index (χ3n) is 3.76. The van der Waals surface area contributed by atoms with E-state index in [0.717, 1.165) is 47.7 Å². The zero-order valence-corrected chi connectivity index (χ0v) is 15.7. The lowest BCUT2D eigenvalue weighted by molar-refractivity contribution is 0.415. The average molecular weight is 366 g/mol. The average Bonchev–Trinajstić information content (AvgIpc) is 2.62. The number of aryl methyl sites for hydroxylation is 1. The molecule has 0 saturated carbocycles. The first-order valence-electron chi connectivity index (χ1n) is 8.09. The van der Waals surface area contributed by atoms with Crippen molar-refractivity contribution in [3.8, 4) is 5.75 Å². The first-order chi connectivity index (χ1) is 11.6. The van der Waals surface area contributed by atoms with E-state index in [9.17, 15) is 4.21 Å². The summed E-state index contributed by atoms with van der Waals surface area (Å²) in [5.41, 5.74) is 2.23. The maximum Gasteiger partial charge on any atom is 0.119 e. The molecule has 0 aliphatic carbocycles. The second kappa shape index (κ2) is 9.70. The summed E-state index contributed by atoms with van der Waals surface area (Å²) in [7, 11) is 0.508. The van der Waals surface area contributed by atoms with Gasteiger partial charge in [0.05, 0.1) is 17.9 Å². The van der Waals surface area contributed by atoms with E-state index in [1.807, 2.05) is 55.5 Å². The maximum absolute atomic E-state index is 12.4. The second-order valence-corrected chi connectivity index (χ2v) is 8.09. The molecule has 0 heterocycles. The van der Waals surface area contributed by atoms with Gasteiger partial charge < -0.3 is 10.1 Å². The van der Waals surface area contributed by atoms with Crippen molar-refractivity contribution >= 4 is 28.1 Å². The van der Waals surface area contributed by atoms with Crippen LogP contribution in [0.1, 0.15) is 24.8 Å². The second-order valence-electron chi connectivity index (χ2n) is 5.67. The molecule has 3 nitrogen and oxygen atoms in total. The van der Waals surface area contributed by atoms with Gasteiger partial charge in [0.2, 0.25) is 0 Å². The molecule has 0 aromatic heterocycles. The van der Waals surface area contributed by atoms with Crippen LogP contribution in [0.15, 0.2) is 53.4 Å². The molecule has 0 amide bonds. The molecular weight excluding hydrogens is 342 g/mol. The van der Waals surface area contributed by atoms with Crippen LogP contribution in [0.5, 0.6) is 5.75 Å². The van der Waals surface area contributed by atoms with Crippen LogP contribution in [-0.2, 0) is 10.8 Å². The van der Waals surface area contributed by atoms with Crippen molar-refractivity contribution < 1.29 is 8.95 Å². The highest BCUT2D eigenvalue weighted by Crippen LogP contribution is 2.20. The minimum absolute atomic E-state index is 0.339. The van der Waals surface area contributed by atoms with Gasteiger partial charge in [0.15, 0.2) is 0 Å². The Bertz CT molecular complexity index is 643. The Kier molecular flexibility index (Phi) is 7.60. The number of halogens is 1. The van der Waals surface area contributed by atoms with Gasteiger partial charge in [0.1, 0.15) is 10.5 Å². The molecule has 5 heteroatoms. The third kappa shape index (κ3) is 5.84. The minimum atomic E-state index is -1.15. The quantitative estimate of drug-likeness (QED) is 0.504. The highest BCUT2D eigenvalue weighted by atomic mass is 35.5. The highest BCUT2D eigenvalue weighted by Gasteiger charge is 2.14. The van der Waals surface area contributed by atoms with Crippen molar-refractivity contribution in [2.45, 2.75) is 35.8 Å². The Balaban J connectivity index is 1.67. The molecule has 130 valence electrons. The summed E-state index contributed by atoms with van der Waals surface area (Å²) >= 11 is 6.30. The first-order valence-corrected chi connectivity index (χ1v) is 9.74. The maximum atomic E-state index is 12.4. The van der Waals surface area contributed by atoms with Crippen LogP contribution in [0.4, 0.5) is 5.69 Å². The predicted molar refractivity (Wildman–Crippen MR) is 103 cm³/mol. The molecule has 2 aromatic rings. The third-order valence-corrected chi connectivity index (χ3v) is 5.90. The zero-order chi connectivity index (χ0) is 17.4. The van der Waals surface area contributed by atoms with Crippen molar-refractivity contribution in [1.29, 1.82) is 0 Å². The van der Waals surface area contributed by atoms with Gasteiger partial charge in [-0.15, -0.1) is 11.6 Å². The lowest BCUT2D eigenvalue weighted by Crippen LogP contribution is -2.09. The number of rotatable bonds is 9. The fourth-order valence-electron chi connectivity index (χ4n) is 2.30. The number of nitrogens with one attached hydrogen (secondary N) is 1. The molecule has 1 N–H and O–H groups in total. The topological polar surface area (TPSA) is 38.3 Å². The number of anilines is 1. The van der Waals surface area contributed by atoms with Gasteiger partial charge in [0.25, 0.3) is 0 Å². The van der Waals surface area contributed by atoms with Gasteiger partial charge >= 0.3 is 0 Å². The van der Waals surface area contributed by atoms with Gasteiger partial charge in [-0.2, -0.15) is 0 Å². The van der Waals surface area contributed by atoms with Crippen LogP contribution in [0.2, 0.25) is 0 Å². The molecule has 0 fully saturated rings. The first kappa shape index (κ1) is 18.8. The summed E-state index contributed by atoms with van der Waals surface area (Å²) in [5.74, 6) is 0.851. The molecule has 24 heavy (non-hydrogen) atoms. The molecule has 0 bridgehead atoms. The molecule has 2 unspecified atom stereocenters. The standard InChI is InChI=1S/C19H24ClNO2S/c1-15-6-12-18(13-7-15)24(22)19(20)5-3-4-14-21-16-8-10-17(23-2)11-9-16/h6-13,19,21H,3-5,14H2,1-2H3. The lowest BCUT2D eigenvalue weighted by atomic mass is 10.2. The zero-order valence-electron chi connectivity index (χ0n) is 14.1. The number of ether oxygens (including phenoxy) is 1. The van der Waals surface area contributed by atoms with Gasteiger partial charge in [-0.25, -0.2) is 0 Å². The fraction of sp³-hybridized carbons (Fsp3) is 0.368. The Morgan fingerprint density at radius 2 is 1.75 bits per heavy atom. The summed E-state index contributed by atoms with van der Waals surface area (Å²) < 4.78 is 17.1. The van der Waals surface area contributed by atoms with Gasteiger partial charge in [-0.3, -0.25) is 4.21 Å². The monoisotopic (exact) mass is 365 g/mol. The van der Waals surface area contributed by atoms with E-state index in [-0.39, 0.29) is 4.71 Å². The Morgan fingerprint density at radius 3 is 2.38 bits per heavy atom.